The highest BCUT2D eigenvalue weighted by atomic mass is 16.5. The van der Waals surface area contributed by atoms with Gasteiger partial charge in [-0.1, -0.05) is 11.8 Å². The molecular formula is C10H17NO2. The molecule has 0 saturated heterocycles. The second kappa shape index (κ2) is 5.23. The fraction of sp³-hybridized carbons (Fsp3) is 0.800. The molecule has 2 unspecified atom stereocenters. The van der Waals surface area contributed by atoms with Gasteiger partial charge < -0.3 is 14.4 Å². The number of likely N-dealkylation sites (N-methyl/N-ethyl adjacent to an activating group) is 1. The minimum Gasteiger partial charge on any atom is -0.376 e. The van der Waals surface area contributed by atoms with E-state index >= 15 is 0 Å². The van der Waals surface area contributed by atoms with Crippen molar-refractivity contribution >= 4 is 0 Å². The maximum atomic E-state index is 5.33. The molecule has 0 aromatic carbocycles. The zero-order valence-corrected chi connectivity index (χ0v) is 8.54. The van der Waals surface area contributed by atoms with E-state index in [9.17, 15) is 0 Å². The third-order valence-electron chi connectivity index (χ3n) is 2.25. The van der Waals surface area contributed by atoms with Crippen LogP contribution in [0.25, 0.3) is 0 Å². The maximum Gasteiger partial charge on any atom is 0.145 e. The normalized spacial score (nSPS) is 30.1. The summed E-state index contributed by atoms with van der Waals surface area (Å²) in [5.41, 5.74) is 0. The highest BCUT2D eigenvalue weighted by Crippen LogP contribution is 2.06. The smallest absolute Gasteiger partial charge is 0.145 e. The van der Waals surface area contributed by atoms with Crippen LogP contribution in [0.2, 0.25) is 0 Å². The SMILES string of the molecule is COC1C#CCCN(C)CC1OC. The van der Waals surface area contributed by atoms with Crippen molar-refractivity contribution in [3.63, 3.8) is 0 Å². The lowest BCUT2D eigenvalue weighted by molar-refractivity contribution is -0.0218. The highest BCUT2D eigenvalue weighted by molar-refractivity contribution is 5.09. The van der Waals surface area contributed by atoms with Crippen molar-refractivity contribution in [2.45, 2.75) is 18.6 Å². The molecule has 1 aliphatic heterocycles. The van der Waals surface area contributed by atoms with Crippen LogP contribution in [0, 0.1) is 11.8 Å². The summed E-state index contributed by atoms with van der Waals surface area (Å²) in [4.78, 5) is 2.22. The van der Waals surface area contributed by atoms with Crippen molar-refractivity contribution in [3.8, 4) is 11.8 Å². The topological polar surface area (TPSA) is 21.7 Å². The molecular weight excluding hydrogens is 166 g/mol. The summed E-state index contributed by atoms with van der Waals surface area (Å²) >= 11 is 0. The zero-order valence-electron chi connectivity index (χ0n) is 8.54. The molecule has 74 valence electrons. The van der Waals surface area contributed by atoms with Crippen LogP contribution in [-0.2, 0) is 9.47 Å². The molecule has 0 radical (unpaired) electrons. The number of methoxy groups -OCH3 is 2. The minimum atomic E-state index is -0.0900. The summed E-state index contributed by atoms with van der Waals surface area (Å²) in [5.74, 6) is 6.16. The summed E-state index contributed by atoms with van der Waals surface area (Å²) in [5, 5.41) is 0. The van der Waals surface area contributed by atoms with Gasteiger partial charge in [0.2, 0.25) is 0 Å². The molecule has 13 heavy (non-hydrogen) atoms. The van der Waals surface area contributed by atoms with E-state index in [0.29, 0.717) is 0 Å². The van der Waals surface area contributed by atoms with Crippen molar-refractivity contribution in [2.24, 2.45) is 0 Å². The number of rotatable bonds is 2. The van der Waals surface area contributed by atoms with Crippen molar-refractivity contribution in [3.05, 3.63) is 0 Å². The molecule has 0 amide bonds. The van der Waals surface area contributed by atoms with Crippen molar-refractivity contribution < 1.29 is 9.47 Å². The van der Waals surface area contributed by atoms with E-state index < -0.39 is 0 Å². The van der Waals surface area contributed by atoms with Gasteiger partial charge in [0.1, 0.15) is 12.2 Å². The van der Waals surface area contributed by atoms with Crippen molar-refractivity contribution in [1.82, 2.24) is 4.90 Å². The molecule has 1 rings (SSSR count). The van der Waals surface area contributed by atoms with Gasteiger partial charge in [-0.05, 0) is 7.05 Å². The number of hydrogen-bond acceptors (Lipinski definition) is 3. The molecule has 0 saturated carbocycles. The van der Waals surface area contributed by atoms with E-state index in [2.05, 4.69) is 23.8 Å². The van der Waals surface area contributed by atoms with Crippen LogP contribution in [0.15, 0.2) is 0 Å². The lowest BCUT2D eigenvalue weighted by atomic mass is 10.1. The van der Waals surface area contributed by atoms with E-state index in [1.807, 2.05) is 0 Å². The molecule has 0 N–H and O–H groups in total. The van der Waals surface area contributed by atoms with E-state index in [1.54, 1.807) is 14.2 Å². The first-order valence-electron chi connectivity index (χ1n) is 4.50. The molecule has 3 nitrogen and oxygen atoms in total. The van der Waals surface area contributed by atoms with E-state index in [1.165, 1.54) is 0 Å². The van der Waals surface area contributed by atoms with Crippen LogP contribution in [-0.4, -0.2) is 51.5 Å². The van der Waals surface area contributed by atoms with Gasteiger partial charge in [0.25, 0.3) is 0 Å². The average Bonchev–Trinajstić information content (AvgIpc) is 2.11. The first-order chi connectivity index (χ1) is 6.27. The van der Waals surface area contributed by atoms with E-state index in [-0.39, 0.29) is 12.2 Å². The fourth-order valence-electron chi connectivity index (χ4n) is 1.42. The number of nitrogens with zero attached hydrogens (tertiary/aromatic N) is 1. The molecule has 0 aromatic rings. The van der Waals surface area contributed by atoms with E-state index in [4.69, 9.17) is 9.47 Å². The summed E-state index contributed by atoms with van der Waals surface area (Å²) in [6, 6.07) is 0. The molecule has 3 heteroatoms. The molecule has 0 spiro atoms. The Morgan fingerprint density at radius 1 is 1.31 bits per heavy atom. The predicted octanol–water partition coefficient (Wildman–Crippen LogP) is 0.355. The van der Waals surface area contributed by atoms with Crippen LogP contribution in [0.4, 0.5) is 0 Å². The van der Waals surface area contributed by atoms with Crippen LogP contribution in [0.5, 0.6) is 0 Å². The quantitative estimate of drug-likeness (QED) is 0.577. The molecule has 0 aromatic heterocycles. The Bertz CT molecular complexity index is 207. The van der Waals surface area contributed by atoms with Crippen molar-refractivity contribution in [1.29, 1.82) is 0 Å². The monoisotopic (exact) mass is 183 g/mol. The molecule has 2 atom stereocenters. The number of hydrogen-bond donors (Lipinski definition) is 0. The summed E-state index contributed by atoms with van der Waals surface area (Å²) in [6.07, 6.45) is 0.878. The number of ether oxygens (including phenoxy) is 2. The Morgan fingerprint density at radius 3 is 2.69 bits per heavy atom. The Kier molecular flexibility index (Phi) is 4.23. The predicted molar refractivity (Wildman–Crippen MR) is 51.5 cm³/mol. The van der Waals surface area contributed by atoms with Gasteiger partial charge in [0, 0.05) is 33.7 Å². The molecule has 0 bridgehead atoms. The molecule has 1 aliphatic rings. The fourth-order valence-corrected chi connectivity index (χ4v) is 1.42. The van der Waals surface area contributed by atoms with Gasteiger partial charge in [-0.3, -0.25) is 0 Å². The maximum absolute atomic E-state index is 5.33. The van der Waals surface area contributed by atoms with Crippen LogP contribution < -0.4 is 0 Å². The first-order valence-corrected chi connectivity index (χ1v) is 4.50. The summed E-state index contributed by atoms with van der Waals surface area (Å²) < 4.78 is 10.6. The van der Waals surface area contributed by atoms with Crippen LogP contribution in [0.1, 0.15) is 6.42 Å². The molecule has 0 aliphatic carbocycles. The Morgan fingerprint density at radius 2 is 2.08 bits per heavy atom. The third-order valence-corrected chi connectivity index (χ3v) is 2.25. The zero-order chi connectivity index (χ0) is 9.68. The summed E-state index contributed by atoms with van der Waals surface area (Å²) in [6.45, 7) is 1.88. The lowest BCUT2D eigenvalue weighted by Gasteiger charge is -2.27. The van der Waals surface area contributed by atoms with Gasteiger partial charge in [-0.25, -0.2) is 0 Å². The van der Waals surface area contributed by atoms with Crippen LogP contribution >= 0.6 is 0 Å². The second-order valence-corrected chi connectivity index (χ2v) is 3.26. The Labute approximate surface area is 80.0 Å². The highest BCUT2D eigenvalue weighted by Gasteiger charge is 2.21. The minimum absolute atomic E-state index is 0.0581. The van der Waals surface area contributed by atoms with Gasteiger partial charge in [-0.2, -0.15) is 0 Å². The average molecular weight is 183 g/mol. The Hall–Kier alpha value is -0.560. The standard InChI is InChI=1S/C10H17NO2/c1-11-7-5-4-6-9(12-2)10(8-11)13-3/h9-10H,5,7-8H2,1-3H3. The van der Waals surface area contributed by atoms with Gasteiger partial charge >= 0.3 is 0 Å². The third kappa shape index (κ3) is 3.00. The van der Waals surface area contributed by atoms with E-state index in [0.717, 1.165) is 19.5 Å². The van der Waals surface area contributed by atoms with Gasteiger partial charge in [-0.15, -0.1) is 0 Å². The molecule has 1 heterocycles. The van der Waals surface area contributed by atoms with Crippen molar-refractivity contribution in [2.75, 3.05) is 34.4 Å². The van der Waals surface area contributed by atoms with Crippen LogP contribution in [0.3, 0.4) is 0 Å². The van der Waals surface area contributed by atoms with Gasteiger partial charge in [0.05, 0.1) is 0 Å². The second-order valence-electron chi connectivity index (χ2n) is 3.26. The largest absolute Gasteiger partial charge is 0.376 e. The molecule has 0 fully saturated rings. The summed E-state index contributed by atoms with van der Waals surface area (Å²) in [7, 11) is 5.45. The lowest BCUT2D eigenvalue weighted by Crippen LogP contribution is -2.40. The Balaban J connectivity index is 2.66. The van der Waals surface area contributed by atoms with Gasteiger partial charge in [0.15, 0.2) is 0 Å². The first kappa shape index (κ1) is 10.5.